The maximum absolute atomic E-state index is 14.1. The summed E-state index contributed by atoms with van der Waals surface area (Å²) < 4.78 is 20.7. The van der Waals surface area contributed by atoms with Crippen LogP contribution in [0.25, 0.3) is 5.69 Å². The molecule has 0 bridgehead atoms. The number of halogens is 1. The fourth-order valence-corrected chi connectivity index (χ4v) is 2.06. The van der Waals surface area contributed by atoms with E-state index >= 15 is 0 Å². The Morgan fingerprint density at radius 2 is 2.15 bits per heavy atom. The Morgan fingerprint density at radius 1 is 1.35 bits per heavy atom. The molecule has 0 aliphatic heterocycles. The van der Waals surface area contributed by atoms with Crippen LogP contribution in [-0.4, -0.2) is 35.0 Å². The van der Waals surface area contributed by atoms with E-state index in [-0.39, 0.29) is 5.82 Å². The van der Waals surface area contributed by atoms with E-state index in [1.807, 2.05) is 19.9 Å². The van der Waals surface area contributed by atoms with Gasteiger partial charge in [0, 0.05) is 25.8 Å². The maximum atomic E-state index is 14.1. The van der Waals surface area contributed by atoms with Gasteiger partial charge in [0.05, 0.1) is 12.3 Å². The van der Waals surface area contributed by atoms with Gasteiger partial charge in [-0.05, 0) is 26.0 Å². The molecule has 2 aromatic rings. The third-order valence-electron chi connectivity index (χ3n) is 2.98. The lowest BCUT2D eigenvalue weighted by Crippen LogP contribution is -2.20. The first-order valence-electron chi connectivity index (χ1n) is 6.51. The topological polar surface area (TPSA) is 52.0 Å². The van der Waals surface area contributed by atoms with Gasteiger partial charge in [-0.3, -0.25) is 0 Å². The highest BCUT2D eigenvalue weighted by molar-refractivity contribution is 5.41. The summed E-state index contributed by atoms with van der Waals surface area (Å²) in [6.07, 6.45) is 0. The molecule has 0 atom stereocenters. The van der Waals surface area contributed by atoms with E-state index in [2.05, 4.69) is 15.4 Å². The molecule has 2 rings (SSSR count). The van der Waals surface area contributed by atoms with Gasteiger partial charge in [-0.1, -0.05) is 6.07 Å². The van der Waals surface area contributed by atoms with Gasteiger partial charge in [-0.25, -0.2) is 14.1 Å². The summed E-state index contributed by atoms with van der Waals surface area (Å²) in [7, 11) is 1.64. The molecule has 1 aromatic carbocycles. The Kier molecular flexibility index (Phi) is 4.81. The van der Waals surface area contributed by atoms with Crippen LogP contribution >= 0.6 is 0 Å². The van der Waals surface area contributed by atoms with E-state index in [0.29, 0.717) is 36.8 Å². The number of nitrogens with zero attached hydrogens (tertiary/aromatic N) is 3. The van der Waals surface area contributed by atoms with Gasteiger partial charge >= 0.3 is 0 Å². The van der Waals surface area contributed by atoms with Crippen molar-refractivity contribution in [1.82, 2.24) is 20.1 Å². The maximum Gasteiger partial charge on any atom is 0.148 e. The molecule has 0 saturated heterocycles. The third kappa shape index (κ3) is 3.20. The van der Waals surface area contributed by atoms with Crippen LogP contribution in [-0.2, 0) is 11.3 Å². The summed E-state index contributed by atoms with van der Waals surface area (Å²) in [5.74, 6) is 1.16. The van der Waals surface area contributed by atoms with Gasteiger partial charge in [0.2, 0.25) is 0 Å². The largest absolute Gasteiger partial charge is 0.383 e. The van der Waals surface area contributed by atoms with Gasteiger partial charge in [0.25, 0.3) is 0 Å². The SMILES string of the molecule is COCCNCc1c(F)cccc1-n1nc(C)nc1C. The number of hydrogen-bond acceptors (Lipinski definition) is 4. The second-order valence-corrected chi connectivity index (χ2v) is 4.53. The molecule has 5 nitrogen and oxygen atoms in total. The van der Waals surface area contributed by atoms with Crippen LogP contribution in [0.15, 0.2) is 18.2 Å². The minimum atomic E-state index is -0.250. The molecule has 0 amide bonds. The van der Waals surface area contributed by atoms with Crippen molar-refractivity contribution in [3.8, 4) is 5.69 Å². The summed E-state index contributed by atoms with van der Waals surface area (Å²) in [5, 5.41) is 7.47. The van der Waals surface area contributed by atoms with Crippen molar-refractivity contribution < 1.29 is 9.13 Å². The smallest absolute Gasteiger partial charge is 0.148 e. The van der Waals surface area contributed by atoms with Crippen LogP contribution in [0.1, 0.15) is 17.2 Å². The molecule has 0 spiro atoms. The molecule has 1 aromatic heterocycles. The van der Waals surface area contributed by atoms with E-state index < -0.39 is 0 Å². The lowest BCUT2D eigenvalue weighted by Gasteiger charge is -2.12. The van der Waals surface area contributed by atoms with E-state index in [1.165, 1.54) is 6.07 Å². The second kappa shape index (κ2) is 6.58. The highest BCUT2D eigenvalue weighted by Gasteiger charge is 2.13. The van der Waals surface area contributed by atoms with E-state index in [0.717, 1.165) is 5.82 Å². The molecule has 6 heteroatoms. The number of hydrogen-bond donors (Lipinski definition) is 1. The molecule has 108 valence electrons. The van der Waals surface area contributed by atoms with Gasteiger partial charge in [0.15, 0.2) is 0 Å². The van der Waals surface area contributed by atoms with Crippen molar-refractivity contribution in [2.24, 2.45) is 0 Å². The van der Waals surface area contributed by atoms with Crippen molar-refractivity contribution in [3.63, 3.8) is 0 Å². The van der Waals surface area contributed by atoms with Crippen molar-refractivity contribution in [1.29, 1.82) is 0 Å². The molecule has 0 saturated carbocycles. The molecular formula is C14H19FN4O. The number of benzene rings is 1. The molecule has 0 fully saturated rings. The van der Waals surface area contributed by atoms with Gasteiger partial charge in [-0.15, -0.1) is 0 Å². The molecule has 0 radical (unpaired) electrons. The Labute approximate surface area is 117 Å². The zero-order chi connectivity index (χ0) is 14.5. The van der Waals surface area contributed by atoms with Crippen molar-refractivity contribution >= 4 is 0 Å². The lowest BCUT2D eigenvalue weighted by molar-refractivity contribution is 0.199. The summed E-state index contributed by atoms with van der Waals surface area (Å²) in [6.45, 7) is 5.35. The van der Waals surface area contributed by atoms with Crippen molar-refractivity contribution in [2.45, 2.75) is 20.4 Å². The van der Waals surface area contributed by atoms with Crippen LogP contribution in [0.2, 0.25) is 0 Å². The first-order chi connectivity index (χ1) is 9.63. The lowest BCUT2D eigenvalue weighted by atomic mass is 10.1. The Hall–Kier alpha value is -1.79. The van der Waals surface area contributed by atoms with Crippen LogP contribution in [0.5, 0.6) is 0 Å². The zero-order valence-corrected chi connectivity index (χ0v) is 12.0. The highest BCUT2D eigenvalue weighted by atomic mass is 19.1. The Bertz CT molecular complexity index is 583. The number of ether oxygens (including phenoxy) is 1. The molecule has 1 N–H and O–H groups in total. The molecular weight excluding hydrogens is 259 g/mol. The predicted molar refractivity (Wildman–Crippen MR) is 74.4 cm³/mol. The first kappa shape index (κ1) is 14.6. The summed E-state index contributed by atoms with van der Waals surface area (Å²) in [4.78, 5) is 4.26. The van der Waals surface area contributed by atoms with Gasteiger partial charge in [-0.2, -0.15) is 5.10 Å². The minimum Gasteiger partial charge on any atom is -0.383 e. The van der Waals surface area contributed by atoms with Crippen LogP contribution in [0, 0.1) is 19.7 Å². The van der Waals surface area contributed by atoms with Gasteiger partial charge < -0.3 is 10.1 Å². The van der Waals surface area contributed by atoms with E-state index in [9.17, 15) is 4.39 Å². The van der Waals surface area contributed by atoms with E-state index in [4.69, 9.17) is 4.74 Å². The first-order valence-corrected chi connectivity index (χ1v) is 6.51. The average Bonchev–Trinajstić information content (AvgIpc) is 2.75. The van der Waals surface area contributed by atoms with Crippen LogP contribution in [0.3, 0.4) is 0 Å². The summed E-state index contributed by atoms with van der Waals surface area (Å²) in [5.41, 5.74) is 1.30. The molecule has 20 heavy (non-hydrogen) atoms. The van der Waals surface area contributed by atoms with Crippen molar-refractivity contribution in [2.75, 3.05) is 20.3 Å². The van der Waals surface area contributed by atoms with Gasteiger partial charge in [0.1, 0.15) is 17.5 Å². The number of methoxy groups -OCH3 is 1. The third-order valence-corrected chi connectivity index (χ3v) is 2.98. The number of aryl methyl sites for hydroxylation is 2. The zero-order valence-electron chi connectivity index (χ0n) is 12.0. The Morgan fingerprint density at radius 3 is 2.80 bits per heavy atom. The fraction of sp³-hybridized carbons (Fsp3) is 0.429. The van der Waals surface area contributed by atoms with Crippen molar-refractivity contribution in [3.05, 3.63) is 41.2 Å². The standard InChI is InChI=1S/C14H19FN4O/c1-10-17-11(2)19(18-10)14-6-4-5-13(15)12(14)9-16-7-8-20-3/h4-6,16H,7-9H2,1-3H3. The fourth-order valence-electron chi connectivity index (χ4n) is 2.06. The predicted octanol–water partition coefficient (Wildman–Crippen LogP) is 1.76. The van der Waals surface area contributed by atoms with E-state index in [1.54, 1.807) is 17.9 Å². The number of rotatable bonds is 6. The molecule has 0 aliphatic carbocycles. The Balaban J connectivity index is 2.29. The highest BCUT2D eigenvalue weighted by Crippen LogP contribution is 2.18. The van der Waals surface area contributed by atoms with Crippen LogP contribution < -0.4 is 5.32 Å². The molecule has 0 unspecified atom stereocenters. The summed E-state index contributed by atoms with van der Waals surface area (Å²) in [6, 6.07) is 4.98. The molecule has 0 aliphatic rings. The quantitative estimate of drug-likeness (QED) is 0.818. The molecule has 1 heterocycles. The normalized spacial score (nSPS) is 11.0. The number of nitrogens with one attached hydrogen (secondary N) is 1. The van der Waals surface area contributed by atoms with Crippen LogP contribution in [0.4, 0.5) is 4.39 Å². The number of aromatic nitrogens is 3. The average molecular weight is 278 g/mol. The summed E-state index contributed by atoms with van der Waals surface area (Å²) >= 11 is 0. The monoisotopic (exact) mass is 278 g/mol. The second-order valence-electron chi connectivity index (χ2n) is 4.53. The minimum absolute atomic E-state index is 0.250.